The molecule has 6 nitrogen and oxygen atoms in total. The molecule has 1 heterocycles. The highest BCUT2D eigenvalue weighted by Crippen LogP contribution is 2.37. The van der Waals surface area contributed by atoms with Gasteiger partial charge in [0, 0.05) is 0 Å². The Morgan fingerprint density at radius 2 is 1.63 bits per heavy atom. The van der Waals surface area contributed by atoms with Gasteiger partial charge in [0.25, 0.3) is 5.91 Å². The Balaban J connectivity index is 1.65. The van der Waals surface area contributed by atoms with E-state index < -0.39 is 11.9 Å². The fourth-order valence-corrected chi connectivity index (χ4v) is 4.79. The van der Waals surface area contributed by atoms with Crippen LogP contribution in [0.15, 0.2) is 66.4 Å². The lowest BCUT2D eigenvalue weighted by molar-refractivity contribution is -0.140. The predicted octanol–water partition coefficient (Wildman–Crippen LogP) is 6.42. The Kier molecular flexibility index (Phi) is 8.66. The second kappa shape index (κ2) is 11.9. The molecular weight excluding hydrogens is 550 g/mol. The summed E-state index contributed by atoms with van der Waals surface area (Å²) in [6.45, 7) is 1.91. The molecule has 0 N–H and O–H groups in total. The van der Waals surface area contributed by atoms with Gasteiger partial charge in [0.15, 0.2) is 10.9 Å². The van der Waals surface area contributed by atoms with E-state index in [0.717, 1.165) is 17.5 Å². The fourth-order valence-electron chi connectivity index (χ4n) is 3.83. The molecule has 0 aliphatic carbocycles. The zero-order valence-corrected chi connectivity index (χ0v) is 22.9. The highest BCUT2D eigenvalue weighted by atomic mass is 35.5. The van der Waals surface area contributed by atoms with Gasteiger partial charge in [-0.25, -0.2) is 4.39 Å². The molecule has 3 aromatic carbocycles. The van der Waals surface area contributed by atoms with Crippen LogP contribution in [0.2, 0.25) is 10.0 Å². The minimum atomic E-state index is -0.560. The number of anilines is 1. The minimum absolute atomic E-state index is 0.131. The van der Waals surface area contributed by atoms with Crippen LogP contribution in [0.1, 0.15) is 23.6 Å². The summed E-state index contributed by atoms with van der Waals surface area (Å²) in [7, 11) is 1.26. The molecule has 1 aliphatic heterocycles. The molecule has 0 saturated carbocycles. The fraction of sp³-hybridized carbons (Fsp3) is 0.179. The molecule has 1 aliphatic rings. The van der Waals surface area contributed by atoms with Crippen LogP contribution in [0.4, 0.5) is 10.1 Å². The van der Waals surface area contributed by atoms with Crippen LogP contribution in [-0.2, 0) is 27.4 Å². The van der Waals surface area contributed by atoms with Crippen molar-refractivity contribution in [1.82, 2.24) is 4.90 Å². The number of halogens is 3. The number of thiocarbonyl (C=S) groups is 1. The zero-order chi connectivity index (χ0) is 27.4. The predicted molar refractivity (Wildman–Crippen MR) is 150 cm³/mol. The molecule has 3 aromatic rings. The van der Waals surface area contributed by atoms with Gasteiger partial charge in [0.2, 0.25) is 0 Å². The topological polar surface area (TPSA) is 59.1 Å². The van der Waals surface area contributed by atoms with E-state index in [2.05, 4.69) is 0 Å². The largest absolute Gasteiger partial charge is 0.486 e. The number of carbonyl (C=O) groups excluding carboxylic acids is 2. The molecule has 1 saturated heterocycles. The second-order valence-electron chi connectivity index (χ2n) is 8.36. The number of amides is 1. The van der Waals surface area contributed by atoms with Crippen molar-refractivity contribution in [2.24, 2.45) is 0 Å². The van der Waals surface area contributed by atoms with Gasteiger partial charge >= 0.3 is 5.97 Å². The third-order valence-corrected chi connectivity index (χ3v) is 6.84. The lowest BCUT2D eigenvalue weighted by Gasteiger charge is -2.19. The molecule has 4 rings (SSSR count). The molecule has 1 fully saturated rings. The summed E-state index contributed by atoms with van der Waals surface area (Å²) in [6, 6.07) is 16.5. The first-order valence-corrected chi connectivity index (χ1v) is 12.8. The minimum Gasteiger partial charge on any atom is -0.486 e. The van der Waals surface area contributed by atoms with E-state index in [4.69, 9.17) is 44.9 Å². The maximum atomic E-state index is 13.5. The van der Waals surface area contributed by atoms with Crippen LogP contribution in [-0.4, -0.2) is 35.5 Å². The van der Waals surface area contributed by atoms with Gasteiger partial charge in [-0.15, -0.1) is 0 Å². The maximum Gasteiger partial charge on any atom is 0.325 e. The standard InChI is InChI=1S/C28H23Cl2FN2O4S/c1-3-17-6-10-21(11-7-17)33-27(35)24(32(28(33)38)15-25(34)36-2)14-19-12-22(29)26(23(30)13-19)37-16-18-4-8-20(31)9-5-18/h4-14H,3,15-16H2,1-2H3/b24-14-. The second-order valence-corrected chi connectivity index (χ2v) is 9.54. The van der Waals surface area contributed by atoms with E-state index in [1.807, 2.05) is 31.2 Å². The van der Waals surface area contributed by atoms with Gasteiger partial charge in [-0.3, -0.25) is 14.5 Å². The van der Waals surface area contributed by atoms with E-state index in [9.17, 15) is 14.0 Å². The maximum absolute atomic E-state index is 13.5. The number of nitrogens with zero attached hydrogens (tertiary/aromatic N) is 2. The first-order valence-electron chi connectivity index (χ1n) is 11.6. The lowest BCUT2D eigenvalue weighted by atomic mass is 10.1. The van der Waals surface area contributed by atoms with Crippen molar-refractivity contribution in [1.29, 1.82) is 0 Å². The van der Waals surface area contributed by atoms with Gasteiger partial charge in [0.1, 0.15) is 24.7 Å². The summed E-state index contributed by atoms with van der Waals surface area (Å²) < 4.78 is 23.7. The van der Waals surface area contributed by atoms with Crippen molar-refractivity contribution in [3.63, 3.8) is 0 Å². The number of methoxy groups -OCH3 is 1. The summed E-state index contributed by atoms with van der Waals surface area (Å²) >= 11 is 18.5. The molecule has 1 amide bonds. The number of hydrogen-bond donors (Lipinski definition) is 0. The number of hydrogen-bond acceptors (Lipinski definition) is 5. The molecule has 0 unspecified atom stereocenters. The van der Waals surface area contributed by atoms with E-state index >= 15 is 0 Å². The SMILES string of the molecule is CCc1ccc(N2C(=O)/C(=C/c3cc(Cl)c(OCc4ccc(F)cc4)c(Cl)c3)N(CC(=O)OC)C2=S)cc1. The molecule has 0 atom stereocenters. The smallest absolute Gasteiger partial charge is 0.325 e. The zero-order valence-electron chi connectivity index (χ0n) is 20.5. The Labute approximate surface area is 235 Å². The van der Waals surface area contributed by atoms with Crippen molar-refractivity contribution < 1.29 is 23.5 Å². The van der Waals surface area contributed by atoms with E-state index in [1.165, 1.54) is 29.0 Å². The van der Waals surface area contributed by atoms with E-state index in [-0.39, 0.29) is 45.6 Å². The highest BCUT2D eigenvalue weighted by molar-refractivity contribution is 7.80. The number of benzene rings is 3. The third-order valence-electron chi connectivity index (χ3n) is 5.87. The molecule has 0 aromatic heterocycles. The first kappa shape index (κ1) is 27.6. The van der Waals surface area contributed by atoms with Crippen LogP contribution < -0.4 is 9.64 Å². The number of rotatable bonds is 8. The lowest BCUT2D eigenvalue weighted by Crippen LogP contribution is -2.35. The van der Waals surface area contributed by atoms with Crippen LogP contribution in [0.3, 0.4) is 0 Å². The normalized spacial score (nSPS) is 14.4. The average Bonchev–Trinajstić information content (AvgIpc) is 3.13. The third kappa shape index (κ3) is 5.99. The first-order chi connectivity index (χ1) is 18.2. The number of esters is 1. The number of aryl methyl sites for hydroxylation is 1. The summed E-state index contributed by atoms with van der Waals surface area (Å²) in [4.78, 5) is 28.5. The average molecular weight is 573 g/mol. The molecule has 38 heavy (non-hydrogen) atoms. The van der Waals surface area contributed by atoms with Gasteiger partial charge in [-0.1, -0.05) is 54.4 Å². The summed E-state index contributed by atoms with van der Waals surface area (Å²) in [5.74, 6) is -1.07. The monoisotopic (exact) mass is 572 g/mol. The van der Waals surface area contributed by atoms with Crippen LogP contribution >= 0.6 is 35.4 Å². The van der Waals surface area contributed by atoms with Crippen LogP contribution in [0, 0.1) is 5.82 Å². The van der Waals surface area contributed by atoms with E-state index in [1.54, 1.807) is 30.3 Å². The molecule has 0 spiro atoms. The summed E-state index contributed by atoms with van der Waals surface area (Å²) in [5.41, 5.74) is 3.08. The Morgan fingerprint density at radius 3 is 2.21 bits per heavy atom. The van der Waals surface area contributed by atoms with Crippen LogP contribution in [0.25, 0.3) is 6.08 Å². The van der Waals surface area contributed by atoms with Crippen molar-refractivity contribution in [3.8, 4) is 5.75 Å². The Hall–Kier alpha value is -3.46. The molecule has 196 valence electrons. The molecular formula is C28H23Cl2FN2O4S. The van der Waals surface area contributed by atoms with Gasteiger partial charge in [-0.05, 0) is 77.8 Å². The quantitative estimate of drug-likeness (QED) is 0.176. The Morgan fingerprint density at radius 1 is 1.03 bits per heavy atom. The molecule has 10 heteroatoms. The van der Waals surface area contributed by atoms with Crippen molar-refractivity contribution >= 4 is 64.2 Å². The van der Waals surface area contributed by atoms with Crippen LogP contribution in [0.5, 0.6) is 5.75 Å². The van der Waals surface area contributed by atoms with E-state index in [0.29, 0.717) is 11.3 Å². The Bertz CT molecular complexity index is 1390. The van der Waals surface area contributed by atoms with Crippen molar-refractivity contribution in [2.75, 3.05) is 18.6 Å². The number of ether oxygens (including phenoxy) is 2. The van der Waals surface area contributed by atoms with Crippen molar-refractivity contribution in [2.45, 2.75) is 20.0 Å². The summed E-state index contributed by atoms with van der Waals surface area (Å²) in [5, 5.41) is 0.573. The molecule has 0 radical (unpaired) electrons. The van der Waals surface area contributed by atoms with Gasteiger partial charge < -0.3 is 14.4 Å². The van der Waals surface area contributed by atoms with Crippen molar-refractivity contribution in [3.05, 3.63) is 98.9 Å². The van der Waals surface area contributed by atoms with Gasteiger partial charge in [0.05, 0.1) is 22.8 Å². The summed E-state index contributed by atoms with van der Waals surface area (Å²) in [6.07, 6.45) is 2.41. The van der Waals surface area contributed by atoms with Gasteiger partial charge in [-0.2, -0.15) is 0 Å². The highest BCUT2D eigenvalue weighted by Gasteiger charge is 2.40. The number of carbonyl (C=O) groups is 2. The molecule has 0 bridgehead atoms.